The largest absolute Gasteiger partial charge is 0.384 e. The van der Waals surface area contributed by atoms with Gasteiger partial charge in [0.05, 0.1) is 12.6 Å². The van der Waals surface area contributed by atoms with Crippen LogP contribution in [0.25, 0.3) is 6.08 Å². The first-order chi connectivity index (χ1) is 13.2. The molecule has 0 aromatic heterocycles. The van der Waals surface area contributed by atoms with Crippen LogP contribution in [0.15, 0.2) is 66.4 Å². The van der Waals surface area contributed by atoms with Gasteiger partial charge >= 0.3 is 0 Å². The number of allylic oxidation sites excluding steroid dienone is 2. The number of rotatable bonds is 8. The van der Waals surface area contributed by atoms with Gasteiger partial charge in [-0.2, -0.15) is 11.0 Å². The van der Waals surface area contributed by atoms with Crippen LogP contribution in [0.1, 0.15) is 17.5 Å². The van der Waals surface area contributed by atoms with E-state index in [2.05, 4.69) is 35.8 Å². The number of hydrogen-bond donors (Lipinski definition) is 4. The molecule has 7 heteroatoms. The lowest BCUT2D eigenvalue weighted by atomic mass is 9.90. The van der Waals surface area contributed by atoms with Crippen LogP contribution in [0.5, 0.6) is 0 Å². The highest BCUT2D eigenvalue weighted by molar-refractivity contribution is 5.90. The van der Waals surface area contributed by atoms with Gasteiger partial charge in [-0.1, -0.05) is 48.6 Å². The molecular formula is C20H24N4O3. The summed E-state index contributed by atoms with van der Waals surface area (Å²) in [5.74, 6) is 5.28. The second-order valence-corrected chi connectivity index (χ2v) is 6.48. The van der Waals surface area contributed by atoms with Crippen molar-refractivity contribution in [3.8, 4) is 0 Å². The fraction of sp³-hybridized carbons (Fsp3) is 0.250. The molecule has 0 saturated carbocycles. The van der Waals surface area contributed by atoms with E-state index in [0.29, 0.717) is 25.0 Å². The molecule has 0 fully saturated rings. The summed E-state index contributed by atoms with van der Waals surface area (Å²) >= 11 is 0. The maximum Gasteiger partial charge on any atom is 0.267 e. The standard InChI is InChI=1S/C20H24N4O3/c21-27-24(12-11-17-13-22-19-4-2-1-3-18(17)19)14-16-7-5-15(6-8-16)9-10-20(25)23-26/h1-10,13,18-19,22,26H,11-12,14,21H2,(H,23,25)/b10-9+. The van der Waals surface area contributed by atoms with Gasteiger partial charge in [0.1, 0.15) is 0 Å². The Hall–Kier alpha value is -2.71. The van der Waals surface area contributed by atoms with E-state index in [0.717, 1.165) is 17.5 Å². The Labute approximate surface area is 158 Å². The molecule has 0 bridgehead atoms. The number of hydroxylamine groups is 3. The van der Waals surface area contributed by atoms with Gasteiger partial charge in [0.2, 0.25) is 0 Å². The van der Waals surface area contributed by atoms with Crippen LogP contribution in [0, 0.1) is 5.92 Å². The lowest BCUT2D eigenvalue weighted by Crippen LogP contribution is -2.29. The van der Waals surface area contributed by atoms with Crippen molar-refractivity contribution in [1.29, 1.82) is 0 Å². The van der Waals surface area contributed by atoms with Crippen molar-refractivity contribution in [3.05, 3.63) is 77.5 Å². The summed E-state index contributed by atoms with van der Waals surface area (Å²) < 4.78 is 0. The summed E-state index contributed by atoms with van der Waals surface area (Å²) in [5.41, 5.74) is 4.79. The Morgan fingerprint density at radius 2 is 2.07 bits per heavy atom. The molecule has 7 nitrogen and oxygen atoms in total. The monoisotopic (exact) mass is 368 g/mol. The molecule has 1 aromatic carbocycles. The molecular weight excluding hydrogens is 344 g/mol. The minimum Gasteiger partial charge on any atom is -0.384 e. The third-order valence-electron chi connectivity index (χ3n) is 4.70. The van der Waals surface area contributed by atoms with Crippen LogP contribution in [-0.2, 0) is 16.3 Å². The average molecular weight is 368 g/mol. The Morgan fingerprint density at radius 3 is 2.81 bits per heavy atom. The van der Waals surface area contributed by atoms with E-state index in [9.17, 15) is 4.79 Å². The number of nitrogens with two attached hydrogens (primary N) is 1. The Kier molecular flexibility index (Phi) is 6.56. The van der Waals surface area contributed by atoms with Crippen LogP contribution >= 0.6 is 0 Å². The van der Waals surface area contributed by atoms with Gasteiger partial charge in [-0.25, -0.2) is 10.4 Å². The van der Waals surface area contributed by atoms with Crippen LogP contribution in [0.3, 0.4) is 0 Å². The van der Waals surface area contributed by atoms with Gasteiger partial charge in [0.25, 0.3) is 5.91 Å². The molecule has 1 aliphatic carbocycles. The SMILES string of the molecule is NON(CCC1=CNC2C=CC=CC12)Cc1ccc(/C=C/C(=O)NO)cc1. The topological polar surface area (TPSA) is 99.9 Å². The van der Waals surface area contributed by atoms with E-state index in [1.807, 2.05) is 24.3 Å². The molecule has 3 rings (SSSR count). The lowest BCUT2D eigenvalue weighted by molar-refractivity contribution is -0.170. The number of benzene rings is 1. The minimum absolute atomic E-state index is 0.353. The fourth-order valence-corrected chi connectivity index (χ4v) is 3.23. The summed E-state index contributed by atoms with van der Waals surface area (Å²) in [6, 6.07) is 8.02. The molecule has 1 aromatic rings. The van der Waals surface area contributed by atoms with E-state index in [1.165, 1.54) is 11.6 Å². The van der Waals surface area contributed by atoms with Crippen molar-refractivity contribution < 1.29 is 14.9 Å². The Balaban J connectivity index is 1.51. The van der Waals surface area contributed by atoms with Crippen molar-refractivity contribution >= 4 is 12.0 Å². The molecule has 0 radical (unpaired) electrons. The highest BCUT2D eigenvalue weighted by Crippen LogP contribution is 2.28. The zero-order valence-corrected chi connectivity index (χ0v) is 14.9. The zero-order valence-electron chi connectivity index (χ0n) is 14.9. The van der Waals surface area contributed by atoms with Crippen LogP contribution in [0.4, 0.5) is 0 Å². The molecule has 1 aliphatic heterocycles. The van der Waals surface area contributed by atoms with Gasteiger partial charge in [-0.15, -0.1) is 0 Å². The number of nitrogens with one attached hydrogen (secondary N) is 2. The van der Waals surface area contributed by atoms with Crippen LogP contribution in [-0.4, -0.2) is 28.8 Å². The van der Waals surface area contributed by atoms with Gasteiger partial charge in [-0.3, -0.25) is 10.0 Å². The van der Waals surface area contributed by atoms with E-state index in [4.69, 9.17) is 16.0 Å². The summed E-state index contributed by atoms with van der Waals surface area (Å²) in [6.07, 6.45) is 14.4. The van der Waals surface area contributed by atoms with Gasteiger partial charge in [0, 0.05) is 18.5 Å². The average Bonchev–Trinajstić information content (AvgIpc) is 3.13. The first kappa shape index (κ1) is 19.1. The minimum atomic E-state index is -0.567. The van der Waals surface area contributed by atoms with Gasteiger partial charge in [0.15, 0.2) is 0 Å². The maximum absolute atomic E-state index is 11.0. The normalized spacial score (nSPS) is 20.6. The van der Waals surface area contributed by atoms with Gasteiger partial charge < -0.3 is 5.32 Å². The van der Waals surface area contributed by atoms with Crippen LogP contribution in [0.2, 0.25) is 0 Å². The van der Waals surface area contributed by atoms with Crippen molar-refractivity contribution in [3.63, 3.8) is 0 Å². The molecule has 1 amide bonds. The smallest absolute Gasteiger partial charge is 0.267 e. The molecule has 5 N–H and O–H groups in total. The number of carbonyl (C=O) groups is 1. The number of hydrogen-bond acceptors (Lipinski definition) is 6. The number of amides is 1. The Morgan fingerprint density at radius 1 is 1.30 bits per heavy atom. The Bertz CT molecular complexity index is 768. The van der Waals surface area contributed by atoms with E-state index in [1.54, 1.807) is 16.6 Å². The first-order valence-electron chi connectivity index (χ1n) is 8.82. The molecule has 27 heavy (non-hydrogen) atoms. The van der Waals surface area contributed by atoms with E-state index >= 15 is 0 Å². The predicted octanol–water partition coefficient (Wildman–Crippen LogP) is 1.80. The first-order valence-corrected chi connectivity index (χ1v) is 8.82. The molecule has 2 atom stereocenters. The van der Waals surface area contributed by atoms with Crippen molar-refractivity contribution in [2.24, 2.45) is 11.8 Å². The second kappa shape index (κ2) is 9.29. The predicted molar refractivity (Wildman–Crippen MR) is 102 cm³/mol. The summed E-state index contributed by atoms with van der Waals surface area (Å²) in [6.45, 7) is 1.24. The summed E-state index contributed by atoms with van der Waals surface area (Å²) in [5, 5.41) is 13.6. The number of carbonyl (C=O) groups excluding carboxylic acids is 1. The van der Waals surface area contributed by atoms with E-state index < -0.39 is 5.91 Å². The molecule has 2 unspecified atom stereocenters. The van der Waals surface area contributed by atoms with Crippen molar-refractivity contribution in [2.45, 2.75) is 19.0 Å². The maximum atomic E-state index is 11.0. The van der Waals surface area contributed by atoms with Crippen molar-refractivity contribution in [1.82, 2.24) is 15.9 Å². The highest BCUT2D eigenvalue weighted by atomic mass is 16.8. The molecule has 2 aliphatic rings. The zero-order chi connectivity index (χ0) is 19.1. The quantitative estimate of drug-likeness (QED) is 0.317. The molecule has 0 saturated heterocycles. The highest BCUT2D eigenvalue weighted by Gasteiger charge is 2.26. The van der Waals surface area contributed by atoms with E-state index in [-0.39, 0.29) is 0 Å². The molecule has 1 heterocycles. The third-order valence-corrected chi connectivity index (χ3v) is 4.70. The summed E-state index contributed by atoms with van der Waals surface area (Å²) in [4.78, 5) is 16.0. The number of fused-ring (bicyclic) bond motifs is 1. The summed E-state index contributed by atoms with van der Waals surface area (Å²) in [7, 11) is 0. The fourth-order valence-electron chi connectivity index (χ4n) is 3.23. The number of nitrogens with zero attached hydrogens (tertiary/aromatic N) is 1. The lowest BCUT2D eigenvalue weighted by Gasteiger charge is -2.22. The second-order valence-electron chi connectivity index (χ2n) is 6.48. The van der Waals surface area contributed by atoms with Crippen molar-refractivity contribution in [2.75, 3.05) is 6.54 Å². The third kappa shape index (κ3) is 5.15. The molecule has 0 spiro atoms. The molecule has 142 valence electrons. The van der Waals surface area contributed by atoms with Gasteiger partial charge in [-0.05, 0) is 35.4 Å². The van der Waals surface area contributed by atoms with Crippen LogP contribution < -0.4 is 16.7 Å².